The van der Waals surface area contributed by atoms with Crippen molar-refractivity contribution in [1.82, 2.24) is 10.2 Å². The minimum absolute atomic E-state index is 0.154. The Kier molecular flexibility index (Phi) is 5.93. The summed E-state index contributed by atoms with van der Waals surface area (Å²) >= 11 is 0. The van der Waals surface area contributed by atoms with E-state index < -0.39 is 5.60 Å². The van der Waals surface area contributed by atoms with E-state index in [0.717, 1.165) is 32.5 Å². The molecule has 4 heteroatoms. The first kappa shape index (κ1) is 15.3. The normalized spacial score (nSPS) is 21.6. The predicted molar refractivity (Wildman–Crippen MR) is 73.7 cm³/mol. The second-order valence-corrected chi connectivity index (χ2v) is 6.18. The number of hydrogen-bond acceptors (Lipinski definition) is 3. The Labute approximate surface area is 111 Å². The van der Waals surface area contributed by atoms with Crippen LogP contribution in [0, 0.1) is 5.92 Å². The zero-order valence-electron chi connectivity index (χ0n) is 12.3. The quantitative estimate of drug-likeness (QED) is 0.844. The van der Waals surface area contributed by atoms with Gasteiger partial charge in [-0.2, -0.15) is 0 Å². The van der Waals surface area contributed by atoms with E-state index in [1.54, 1.807) is 0 Å². The fourth-order valence-corrected chi connectivity index (χ4v) is 2.31. The highest BCUT2D eigenvalue weighted by Gasteiger charge is 2.25. The summed E-state index contributed by atoms with van der Waals surface area (Å²) in [4.78, 5) is 14.0. The molecule has 1 fully saturated rings. The molecule has 4 nitrogen and oxygen atoms in total. The molecule has 1 aliphatic rings. The molecule has 0 aromatic carbocycles. The van der Waals surface area contributed by atoms with Gasteiger partial charge in [0.1, 0.15) is 5.60 Å². The minimum Gasteiger partial charge on any atom is -0.444 e. The molecule has 0 spiro atoms. The fraction of sp³-hybridized carbons (Fsp3) is 0.929. The number of likely N-dealkylation sites (tertiary alicyclic amines) is 1. The van der Waals surface area contributed by atoms with Gasteiger partial charge in [0.15, 0.2) is 0 Å². The molecule has 106 valence electrons. The number of amides is 1. The van der Waals surface area contributed by atoms with Crippen LogP contribution in [0.1, 0.15) is 46.5 Å². The van der Waals surface area contributed by atoms with Crippen LogP contribution in [0.25, 0.3) is 0 Å². The number of rotatable bonds is 3. The van der Waals surface area contributed by atoms with Crippen LogP contribution < -0.4 is 5.32 Å². The van der Waals surface area contributed by atoms with E-state index in [4.69, 9.17) is 4.74 Å². The number of ether oxygens (including phenoxy) is 1. The third kappa shape index (κ3) is 5.71. The first-order valence-electron chi connectivity index (χ1n) is 7.05. The van der Waals surface area contributed by atoms with Gasteiger partial charge in [-0.15, -0.1) is 0 Å². The second kappa shape index (κ2) is 6.98. The molecule has 0 aromatic heterocycles. The van der Waals surface area contributed by atoms with E-state index in [2.05, 4.69) is 5.32 Å². The molecule has 1 atom stereocenters. The summed E-state index contributed by atoms with van der Waals surface area (Å²) in [6, 6.07) is 0. The minimum atomic E-state index is -0.399. The fourth-order valence-electron chi connectivity index (χ4n) is 2.31. The lowest BCUT2D eigenvalue weighted by atomic mass is 10.00. The molecule has 0 saturated carbocycles. The van der Waals surface area contributed by atoms with Crippen LogP contribution in [0.4, 0.5) is 4.79 Å². The topological polar surface area (TPSA) is 41.6 Å². The highest BCUT2D eigenvalue weighted by atomic mass is 16.6. The van der Waals surface area contributed by atoms with Gasteiger partial charge < -0.3 is 15.0 Å². The van der Waals surface area contributed by atoms with Crippen molar-refractivity contribution in [3.05, 3.63) is 0 Å². The van der Waals surface area contributed by atoms with Crippen molar-refractivity contribution in [2.24, 2.45) is 5.92 Å². The number of hydrogen-bond donors (Lipinski definition) is 1. The van der Waals surface area contributed by atoms with Crippen molar-refractivity contribution < 1.29 is 9.53 Å². The summed E-state index contributed by atoms with van der Waals surface area (Å²) in [6.45, 7) is 8.46. The lowest BCUT2D eigenvalue weighted by Gasteiger charge is -2.28. The van der Waals surface area contributed by atoms with Crippen LogP contribution in [0.5, 0.6) is 0 Å². The average molecular weight is 256 g/mol. The Morgan fingerprint density at radius 1 is 1.39 bits per heavy atom. The van der Waals surface area contributed by atoms with Gasteiger partial charge in [0.2, 0.25) is 0 Å². The van der Waals surface area contributed by atoms with E-state index in [0.29, 0.717) is 5.92 Å². The van der Waals surface area contributed by atoms with Crippen molar-refractivity contribution in [3.8, 4) is 0 Å². The van der Waals surface area contributed by atoms with E-state index in [-0.39, 0.29) is 6.09 Å². The molecule has 1 heterocycles. The summed E-state index contributed by atoms with van der Waals surface area (Å²) in [5.74, 6) is 0.604. The Morgan fingerprint density at radius 2 is 2.11 bits per heavy atom. The molecule has 1 rings (SSSR count). The van der Waals surface area contributed by atoms with Crippen LogP contribution in [0.3, 0.4) is 0 Å². The number of carbonyl (C=O) groups excluding carboxylic acids is 1. The van der Waals surface area contributed by atoms with Crippen LogP contribution in [-0.2, 0) is 4.74 Å². The van der Waals surface area contributed by atoms with Crippen LogP contribution in [0.2, 0.25) is 0 Å². The van der Waals surface area contributed by atoms with Gasteiger partial charge in [-0.1, -0.05) is 6.42 Å². The Morgan fingerprint density at radius 3 is 2.72 bits per heavy atom. The molecule has 1 N–H and O–H groups in total. The largest absolute Gasteiger partial charge is 0.444 e. The monoisotopic (exact) mass is 256 g/mol. The zero-order chi connectivity index (χ0) is 13.6. The zero-order valence-corrected chi connectivity index (χ0v) is 12.3. The standard InChI is InChI=1S/C14H28N2O2/c1-14(2,3)18-13(17)16-10-6-5-7-12(11-16)8-9-15-4/h12,15H,5-11H2,1-4H3. The third-order valence-corrected chi connectivity index (χ3v) is 3.22. The summed E-state index contributed by atoms with van der Waals surface area (Å²) in [7, 11) is 1.97. The van der Waals surface area contributed by atoms with E-state index in [1.165, 1.54) is 12.8 Å². The van der Waals surface area contributed by atoms with Crippen LogP contribution >= 0.6 is 0 Å². The Bertz CT molecular complexity index is 261. The van der Waals surface area contributed by atoms with Gasteiger partial charge in [0.05, 0.1) is 0 Å². The van der Waals surface area contributed by atoms with Crippen LogP contribution in [-0.4, -0.2) is 43.3 Å². The highest BCUT2D eigenvalue weighted by Crippen LogP contribution is 2.21. The maximum Gasteiger partial charge on any atom is 0.410 e. The molecule has 1 amide bonds. The molecule has 0 radical (unpaired) electrons. The predicted octanol–water partition coefficient (Wildman–Crippen LogP) is 2.63. The molecule has 0 aliphatic carbocycles. The highest BCUT2D eigenvalue weighted by molar-refractivity contribution is 5.68. The molecule has 1 aliphatic heterocycles. The van der Waals surface area contributed by atoms with E-state index >= 15 is 0 Å². The second-order valence-electron chi connectivity index (χ2n) is 6.18. The van der Waals surface area contributed by atoms with Gasteiger partial charge in [0.25, 0.3) is 0 Å². The number of carbonyl (C=O) groups is 1. The van der Waals surface area contributed by atoms with Gasteiger partial charge in [-0.05, 0) is 59.5 Å². The smallest absolute Gasteiger partial charge is 0.410 e. The van der Waals surface area contributed by atoms with Gasteiger partial charge in [0, 0.05) is 13.1 Å². The lowest BCUT2D eigenvalue weighted by Crippen LogP contribution is -2.39. The number of nitrogens with zero attached hydrogens (tertiary/aromatic N) is 1. The molecular formula is C14H28N2O2. The van der Waals surface area contributed by atoms with E-state index in [9.17, 15) is 4.79 Å². The van der Waals surface area contributed by atoms with Crippen molar-refractivity contribution in [3.63, 3.8) is 0 Å². The number of nitrogens with one attached hydrogen (secondary N) is 1. The Hall–Kier alpha value is -0.770. The van der Waals surface area contributed by atoms with Crippen molar-refractivity contribution in [2.75, 3.05) is 26.7 Å². The molecule has 1 saturated heterocycles. The maximum absolute atomic E-state index is 12.1. The summed E-state index contributed by atoms with van der Waals surface area (Å²) < 4.78 is 5.46. The molecular weight excluding hydrogens is 228 g/mol. The SMILES string of the molecule is CNCCC1CCCCN(C(=O)OC(C)(C)C)C1. The first-order chi connectivity index (χ1) is 8.42. The van der Waals surface area contributed by atoms with E-state index in [1.807, 2.05) is 32.7 Å². The average Bonchev–Trinajstić information content (AvgIpc) is 2.49. The lowest BCUT2D eigenvalue weighted by molar-refractivity contribution is 0.0232. The third-order valence-electron chi connectivity index (χ3n) is 3.22. The summed E-state index contributed by atoms with van der Waals surface area (Å²) in [6.07, 6.45) is 4.51. The molecule has 0 bridgehead atoms. The molecule has 1 unspecified atom stereocenters. The van der Waals surface area contributed by atoms with Crippen LogP contribution in [0.15, 0.2) is 0 Å². The Balaban J connectivity index is 2.50. The van der Waals surface area contributed by atoms with Crippen molar-refractivity contribution in [2.45, 2.75) is 52.1 Å². The maximum atomic E-state index is 12.1. The molecule has 18 heavy (non-hydrogen) atoms. The summed E-state index contributed by atoms with van der Waals surface area (Å²) in [5.41, 5.74) is -0.399. The summed E-state index contributed by atoms with van der Waals surface area (Å²) in [5, 5.41) is 3.18. The first-order valence-corrected chi connectivity index (χ1v) is 7.05. The van der Waals surface area contributed by atoms with Crippen molar-refractivity contribution in [1.29, 1.82) is 0 Å². The molecule has 0 aromatic rings. The van der Waals surface area contributed by atoms with Gasteiger partial charge >= 0.3 is 6.09 Å². The van der Waals surface area contributed by atoms with Gasteiger partial charge in [-0.3, -0.25) is 0 Å². The van der Waals surface area contributed by atoms with Crippen molar-refractivity contribution >= 4 is 6.09 Å². The van der Waals surface area contributed by atoms with Gasteiger partial charge in [-0.25, -0.2) is 4.79 Å².